The number of hydrogen-bond donors (Lipinski definition) is 1. The Morgan fingerprint density at radius 2 is 1.81 bits per heavy atom. The van der Waals surface area contributed by atoms with Crippen LogP contribution < -0.4 is 10.6 Å². The number of carbonyl (C=O) groups excluding carboxylic acids is 2. The van der Waals surface area contributed by atoms with Crippen LogP contribution in [0.3, 0.4) is 0 Å². The molecular formula is C18H11F3N2O2S2. The van der Waals surface area contributed by atoms with E-state index in [-0.39, 0.29) is 14.9 Å². The normalized spacial score (nSPS) is 16.3. The molecule has 138 valence electrons. The van der Waals surface area contributed by atoms with Crippen molar-refractivity contribution in [1.82, 2.24) is 0 Å². The third-order valence-corrected chi connectivity index (χ3v) is 5.02. The Morgan fingerprint density at radius 1 is 1.15 bits per heavy atom. The number of hydrogen-bond acceptors (Lipinski definition) is 4. The summed E-state index contributed by atoms with van der Waals surface area (Å²) in [6.07, 6.45) is -2.97. The van der Waals surface area contributed by atoms with Crippen LogP contribution >= 0.6 is 24.0 Å². The van der Waals surface area contributed by atoms with Crippen molar-refractivity contribution in [2.24, 2.45) is 5.73 Å². The van der Waals surface area contributed by atoms with Gasteiger partial charge in [-0.25, -0.2) is 0 Å². The maximum atomic E-state index is 12.9. The largest absolute Gasteiger partial charge is 0.416 e. The number of benzene rings is 2. The van der Waals surface area contributed by atoms with Crippen LogP contribution in [0.15, 0.2) is 53.4 Å². The van der Waals surface area contributed by atoms with Crippen molar-refractivity contribution in [3.05, 3.63) is 70.1 Å². The Balaban J connectivity index is 1.90. The summed E-state index contributed by atoms with van der Waals surface area (Å²) in [4.78, 5) is 25.1. The first-order valence-corrected chi connectivity index (χ1v) is 8.74. The van der Waals surface area contributed by atoms with E-state index in [1.54, 1.807) is 18.2 Å². The van der Waals surface area contributed by atoms with E-state index in [1.807, 2.05) is 0 Å². The van der Waals surface area contributed by atoms with Gasteiger partial charge in [-0.2, -0.15) is 13.2 Å². The molecular weight excluding hydrogens is 397 g/mol. The molecule has 2 N–H and O–H groups in total. The summed E-state index contributed by atoms with van der Waals surface area (Å²) in [6.45, 7) is 0. The van der Waals surface area contributed by atoms with Crippen molar-refractivity contribution in [3.8, 4) is 0 Å². The zero-order chi connectivity index (χ0) is 19.8. The topological polar surface area (TPSA) is 63.4 Å². The number of thioether (sulfide) groups is 1. The number of nitrogens with zero attached hydrogens (tertiary/aromatic N) is 1. The van der Waals surface area contributed by atoms with Gasteiger partial charge in [-0.3, -0.25) is 14.5 Å². The average Bonchev–Trinajstić information content (AvgIpc) is 2.88. The fourth-order valence-corrected chi connectivity index (χ4v) is 3.71. The highest BCUT2D eigenvalue weighted by molar-refractivity contribution is 8.27. The van der Waals surface area contributed by atoms with E-state index >= 15 is 0 Å². The smallest absolute Gasteiger partial charge is 0.366 e. The molecule has 1 fully saturated rings. The molecule has 3 rings (SSSR count). The minimum atomic E-state index is -4.52. The summed E-state index contributed by atoms with van der Waals surface area (Å²) in [7, 11) is 0. The second-order valence-electron chi connectivity index (χ2n) is 5.55. The summed E-state index contributed by atoms with van der Waals surface area (Å²) in [6, 6.07) is 10.7. The van der Waals surface area contributed by atoms with E-state index < -0.39 is 23.6 Å². The van der Waals surface area contributed by atoms with Crippen LogP contribution in [0.5, 0.6) is 0 Å². The Labute approximate surface area is 161 Å². The number of anilines is 1. The van der Waals surface area contributed by atoms with Gasteiger partial charge in [0.25, 0.3) is 5.91 Å². The highest BCUT2D eigenvalue weighted by Gasteiger charge is 2.36. The molecule has 9 heteroatoms. The van der Waals surface area contributed by atoms with E-state index in [9.17, 15) is 22.8 Å². The number of carbonyl (C=O) groups is 2. The number of thiocarbonyl (C=S) groups is 1. The summed E-state index contributed by atoms with van der Waals surface area (Å²) in [5.41, 5.74) is 5.32. The number of alkyl halides is 3. The lowest BCUT2D eigenvalue weighted by Gasteiger charge is -2.16. The number of primary amides is 1. The maximum Gasteiger partial charge on any atom is 0.416 e. The van der Waals surface area contributed by atoms with Crippen LogP contribution in [-0.2, 0) is 11.0 Å². The average molecular weight is 408 g/mol. The van der Waals surface area contributed by atoms with Crippen molar-refractivity contribution < 1.29 is 22.8 Å². The highest BCUT2D eigenvalue weighted by Crippen LogP contribution is 2.38. The Morgan fingerprint density at radius 3 is 2.41 bits per heavy atom. The zero-order valence-corrected chi connectivity index (χ0v) is 15.1. The zero-order valence-electron chi connectivity index (χ0n) is 13.5. The van der Waals surface area contributed by atoms with Crippen LogP contribution in [0, 0.1) is 0 Å². The number of halogens is 3. The van der Waals surface area contributed by atoms with Crippen molar-refractivity contribution in [3.63, 3.8) is 0 Å². The molecule has 0 aromatic heterocycles. The van der Waals surface area contributed by atoms with Gasteiger partial charge >= 0.3 is 6.18 Å². The molecule has 0 atom stereocenters. The summed E-state index contributed by atoms with van der Waals surface area (Å²) in [5.74, 6) is -1.08. The van der Waals surface area contributed by atoms with E-state index in [0.29, 0.717) is 11.1 Å². The van der Waals surface area contributed by atoms with Crippen LogP contribution in [0.1, 0.15) is 21.5 Å². The van der Waals surface area contributed by atoms with Crippen LogP contribution in [0.2, 0.25) is 0 Å². The molecule has 2 amide bonds. The van der Waals surface area contributed by atoms with Gasteiger partial charge in [0.2, 0.25) is 5.91 Å². The molecule has 1 aliphatic rings. The van der Waals surface area contributed by atoms with Crippen molar-refractivity contribution in [2.45, 2.75) is 6.18 Å². The fraction of sp³-hybridized carbons (Fsp3) is 0.0556. The number of amides is 2. The first kappa shape index (κ1) is 19.1. The van der Waals surface area contributed by atoms with Gasteiger partial charge in [0.05, 0.1) is 16.2 Å². The summed E-state index contributed by atoms with van der Waals surface area (Å²) >= 11 is 6.16. The van der Waals surface area contributed by atoms with Gasteiger partial charge in [-0.1, -0.05) is 42.2 Å². The fourth-order valence-electron chi connectivity index (χ4n) is 2.41. The van der Waals surface area contributed by atoms with Gasteiger partial charge in [-0.15, -0.1) is 0 Å². The molecule has 0 radical (unpaired) electrons. The minimum Gasteiger partial charge on any atom is -0.366 e. The van der Waals surface area contributed by atoms with Crippen molar-refractivity contribution in [1.29, 1.82) is 0 Å². The number of nitrogens with two attached hydrogens (primary N) is 1. The monoisotopic (exact) mass is 408 g/mol. The first-order chi connectivity index (χ1) is 12.7. The standard InChI is InChI=1S/C18H11F3N2O2S2/c19-18(20,21)12-2-1-3-13(9-12)23-16(25)14(27-17(23)26)8-10-4-6-11(7-5-10)15(22)24/h1-9H,(H2,22,24)/b14-8-. The quantitative estimate of drug-likeness (QED) is 0.611. The van der Waals surface area contributed by atoms with Crippen LogP contribution in [-0.4, -0.2) is 16.1 Å². The van der Waals surface area contributed by atoms with Crippen molar-refractivity contribution in [2.75, 3.05) is 4.90 Å². The predicted octanol–water partition coefficient (Wildman–Crippen LogP) is 4.21. The van der Waals surface area contributed by atoms with E-state index in [1.165, 1.54) is 24.3 Å². The van der Waals surface area contributed by atoms with E-state index in [4.69, 9.17) is 18.0 Å². The van der Waals surface area contributed by atoms with Gasteiger partial charge in [0.15, 0.2) is 4.32 Å². The van der Waals surface area contributed by atoms with Crippen LogP contribution in [0.4, 0.5) is 18.9 Å². The SMILES string of the molecule is NC(=O)c1ccc(/C=C2\SC(=S)N(c3cccc(C(F)(F)F)c3)C2=O)cc1. The van der Waals surface area contributed by atoms with E-state index in [0.717, 1.165) is 28.8 Å². The Kier molecular flexibility index (Phi) is 5.07. The molecule has 0 bridgehead atoms. The molecule has 0 spiro atoms. The molecule has 1 saturated heterocycles. The lowest BCUT2D eigenvalue weighted by Crippen LogP contribution is -2.27. The lowest BCUT2D eigenvalue weighted by molar-refractivity contribution is -0.137. The van der Waals surface area contributed by atoms with Crippen LogP contribution in [0.25, 0.3) is 6.08 Å². The second-order valence-corrected chi connectivity index (χ2v) is 7.23. The molecule has 2 aromatic rings. The molecule has 2 aromatic carbocycles. The molecule has 1 aliphatic heterocycles. The maximum absolute atomic E-state index is 12.9. The Bertz CT molecular complexity index is 969. The summed E-state index contributed by atoms with van der Waals surface area (Å²) < 4.78 is 38.9. The second kappa shape index (κ2) is 7.16. The number of rotatable bonds is 3. The minimum absolute atomic E-state index is 0.0554. The highest BCUT2D eigenvalue weighted by atomic mass is 32.2. The molecule has 0 aliphatic carbocycles. The third-order valence-electron chi connectivity index (χ3n) is 3.72. The van der Waals surface area contributed by atoms with Gasteiger partial charge < -0.3 is 5.73 Å². The van der Waals surface area contributed by atoms with E-state index in [2.05, 4.69) is 0 Å². The molecule has 1 heterocycles. The Hall–Kier alpha value is -2.65. The molecule has 0 saturated carbocycles. The molecule has 27 heavy (non-hydrogen) atoms. The van der Waals surface area contributed by atoms with Gasteiger partial charge in [-0.05, 0) is 42.0 Å². The predicted molar refractivity (Wildman–Crippen MR) is 102 cm³/mol. The van der Waals surface area contributed by atoms with Gasteiger partial charge in [0, 0.05) is 5.56 Å². The van der Waals surface area contributed by atoms with Gasteiger partial charge in [0.1, 0.15) is 0 Å². The van der Waals surface area contributed by atoms with Crippen molar-refractivity contribution >= 4 is 51.9 Å². The lowest BCUT2D eigenvalue weighted by atomic mass is 10.1. The first-order valence-electron chi connectivity index (χ1n) is 7.52. The summed E-state index contributed by atoms with van der Waals surface area (Å²) in [5, 5.41) is 0. The third kappa shape index (κ3) is 4.04. The molecule has 4 nitrogen and oxygen atoms in total. The molecule has 0 unspecified atom stereocenters.